The number of benzene rings is 2. The van der Waals surface area contributed by atoms with Crippen LogP contribution >= 0.6 is 11.6 Å². The Kier molecular flexibility index (Phi) is 7.35. The van der Waals surface area contributed by atoms with Crippen molar-refractivity contribution in [2.24, 2.45) is 0 Å². The molecule has 1 N–H and O–H groups in total. The molecule has 0 aliphatic rings. The minimum atomic E-state index is -3.71. The number of amides is 1. The van der Waals surface area contributed by atoms with Crippen LogP contribution < -0.4 is 9.62 Å². The van der Waals surface area contributed by atoms with Gasteiger partial charge in [0, 0.05) is 5.02 Å². The zero-order valence-electron chi connectivity index (χ0n) is 17.8. The van der Waals surface area contributed by atoms with Crippen LogP contribution in [0.3, 0.4) is 0 Å². The standard InChI is InChI=1S/C22H29ClN2O3S/c1-7-20(19-11-8-14(2)12-16(19)4)24-22(26)17(5)25(29(6,27)28)21-13-18(23)10-9-15(21)3/h8-13,17,20H,7H2,1-6H3,(H,24,26)/t17-,20+/m0/s1. The number of aryl methyl sites for hydroxylation is 3. The van der Waals surface area contributed by atoms with E-state index in [9.17, 15) is 13.2 Å². The Hall–Kier alpha value is -2.05. The normalized spacial score (nSPS) is 13.6. The number of anilines is 1. The van der Waals surface area contributed by atoms with E-state index in [0.29, 0.717) is 17.1 Å². The van der Waals surface area contributed by atoms with Crippen LogP contribution in [0.15, 0.2) is 36.4 Å². The highest BCUT2D eigenvalue weighted by atomic mass is 35.5. The van der Waals surface area contributed by atoms with Crippen LogP contribution in [-0.2, 0) is 14.8 Å². The number of nitrogens with one attached hydrogen (secondary N) is 1. The summed E-state index contributed by atoms with van der Waals surface area (Å²) < 4.78 is 26.3. The van der Waals surface area contributed by atoms with Crippen molar-refractivity contribution in [1.82, 2.24) is 5.32 Å². The maximum Gasteiger partial charge on any atom is 0.244 e. The third kappa shape index (κ3) is 5.52. The van der Waals surface area contributed by atoms with Gasteiger partial charge in [-0.3, -0.25) is 9.10 Å². The lowest BCUT2D eigenvalue weighted by molar-refractivity contribution is -0.122. The van der Waals surface area contributed by atoms with Crippen molar-refractivity contribution >= 4 is 33.2 Å². The lowest BCUT2D eigenvalue weighted by atomic mass is 9.97. The van der Waals surface area contributed by atoms with Crippen LogP contribution in [0.5, 0.6) is 0 Å². The summed E-state index contributed by atoms with van der Waals surface area (Å²) in [6, 6.07) is 9.98. The Labute approximate surface area is 179 Å². The van der Waals surface area contributed by atoms with Gasteiger partial charge < -0.3 is 5.32 Å². The van der Waals surface area contributed by atoms with Crippen LogP contribution in [0.25, 0.3) is 0 Å². The van der Waals surface area contributed by atoms with Gasteiger partial charge in [0.25, 0.3) is 0 Å². The van der Waals surface area contributed by atoms with E-state index >= 15 is 0 Å². The number of nitrogens with zero attached hydrogens (tertiary/aromatic N) is 1. The molecule has 0 unspecified atom stereocenters. The molecule has 0 saturated heterocycles. The number of carbonyl (C=O) groups excluding carboxylic acids is 1. The van der Waals surface area contributed by atoms with Gasteiger partial charge in [0.2, 0.25) is 15.9 Å². The fourth-order valence-electron chi connectivity index (χ4n) is 3.51. The van der Waals surface area contributed by atoms with Crippen molar-refractivity contribution in [1.29, 1.82) is 0 Å². The molecule has 0 radical (unpaired) electrons. The third-order valence-electron chi connectivity index (χ3n) is 5.02. The zero-order valence-corrected chi connectivity index (χ0v) is 19.4. The summed E-state index contributed by atoms with van der Waals surface area (Å²) in [5.41, 5.74) is 4.41. The van der Waals surface area contributed by atoms with Gasteiger partial charge in [-0.05, 0) is 62.9 Å². The van der Waals surface area contributed by atoms with Crippen LogP contribution in [0.2, 0.25) is 5.02 Å². The quantitative estimate of drug-likeness (QED) is 0.684. The highest BCUT2D eigenvalue weighted by Gasteiger charge is 2.31. The van der Waals surface area contributed by atoms with Gasteiger partial charge in [-0.25, -0.2) is 8.42 Å². The largest absolute Gasteiger partial charge is 0.347 e. The van der Waals surface area contributed by atoms with Gasteiger partial charge in [-0.15, -0.1) is 0 Å². The zero-order chi connectivity index (χ0) is 21.9. The van der Waals surface area contributed by atoms with Crippen LogP contribution in [0, 0.1) is 20.8 Å². The predicted octanol–water partition coefficient (Wildman–Crippen LogP) is 4.69. The molecule has 0 aliphatic heterocycles. The van der Waals surface area contributed by atoms with E-state index in [1.54, 1.807) is 32.0 Å². The van der Waals surface area contributed by atoms with Crippen LogP contribution in [0.1, 0.15) is 48.6 Å². The van der Waals surface area contributed by atoms with Gasteiger partial charge in [0.15, 0.2) is 0 Å². The van der Waals surface area contributed by atoms with Crippen LogP contribution in [-0.4, -0.2) is 26.6 Å². The minimum absolute atomic E-state index is 0.201. The summed E-state index contributed by atoms with van der Waals surface area (Å²) in [4.78, 5) is 13.1. The Morgan fingerprint density at radius 1 is 1.10 bits per heavy atom. The molecule has 2 atom stereocenters. The predicted molar refractivity (Wildman–Crippen MR) is 120 cm³/mol. The number of halogens is 1. The van der Waals surface area contributed by atoms with E-state index in [4.69, 9.17) is 11.6 Å². The van der Waals surface area contributed by atoms with E-state index < -0.39 is 16.1 Å². The molecule has 0 aliphatic carbocycles. The molecule has 7 heteroatoms. The maximum absolute atomic E-state index is 13.1. The van der Waals surface area contributed by atoms with Crippen molar-refractivity contribution in [3.05, 3.63) is 63.7 Å². The van der Waals surface area contributed by atoms with Crippen molar-refractivity contribution in [3.8, 4) is 0 Å². The molecule has 2 rings (SSSR count). The van der Waals surface area contributed by atoms with Gasteiger partial charge >= 0.3 is 0 Å². The molecule has 2 aromatic rings. The lowest BCUT2D eigenvalue weighted by Crippen LogP contribution is -2.49. The fourth-order valence-corrected chi connectivity index (χ4v) is 4.90. The smallest absolute Gasteiger partial charge is 0.244 e. The monoisotopic (exact) mass is 436 g/mol. The number of sulfonamides is 1. The summed E-state index contributed by atoms with van der Waals surface area (Å²) in [5, 5.41) is 3.43. The number of hydrogen-bond acceptors (Lipinski definition) is 3. The molecule has 0 saturated carbocycles. The summed E-state index contributed by atoms with van der Waals surface area (Å²) >= 11 is 6.09. The lowest BCUT2D eigenvalue weighted by Gasteiger charge is -2.31. The molecule has 0 bridgehead atoms. The van der Waals surface area contributed by atoms with Crippen LogP contribution in [0.4, 0.5) is 5.69 Å². The molecular weight excluding hydrogens is 408 g/mol. The Morgan fingerprint density at radius 2 is 1.76 bits per heavy atom. The van der Waals surface area contributed by atoms with Gasteiger partial charge in [-0.1, -0.05) is 48.4 Å². The SMILES string of the molecule is CC[C@@H](NC(=O)[C@H](C)N(c1cc(Cl)ccc1C)S(C)(=O)=O)c1ccc(C)cc1C. The first-order valence-corrected chi connectivity index (χ1v) is 11.8. The molecule has 5 nitrogen and oxygen atoms in total. The Morgan fingerprint density at radius 3 is 2.31 bits per heavy atom. The van der Waals surface area contributed by atoms with Gasteiger partial charge in [0.05, 0.1) is 18.0 Å². The number of carbonyl (C=O) groups is 1. The van der Waals surface area contributed by atoms with Gasteiger partial charge in [-0.2, -0.15) is 0 Å². The highest BCUT2D eigenvalue weighted by molar-refractivity contribution is 7.92. The minimum Gasteiger partial charge on any atom is -0.347 e. The summed E-state index contributed by atoms with van der Waals surface area (Å²) in [7, 11) is -3.71. The number of hydrogen-bond donors (Lipinski definition) is 1. The molecule has 0 aromatic heterocycles. The molecule has 0 spiro atoms. The molecule has 2 aromatic carbocycles. The second-order valence-corrected chi connectivity index (χ2v) is 9.79. The molecule has 158 valence electrons. The first kappa shape index (κ1) is 23.2. The van der Waals surface area contributed by atoms with Gasteiger partial charge in [0.1, 0.15) is 6.04 Å². The van der Waals surface area contributed by atoms with E-state index in [0.717, 1.165) is 32.8 Å². The molecule has 0 heterocycles. The second kappa shape index (κ2) is 9.18. The first-order valence-electron chi connectivity index (χ1n) is 9.58. The topological polar surface area (TPSA) is 66.5 Å². The fraction of sp³-hybridized carbons (Fsp3) is 0.409. The van der Waals surface area contributed by atoms with Crippen molar-refractivity contribution in [2.45, 2.75) is 53.1 Å². The van der Waals surface area contributed by atoms with E-state index in [2.05, 4.69) is 11.4 Å². The Bertz CT molecular complexity index is 1010. The maximum atomic E-state index is 13.1. The average Bonchev–Trinajstić information content (AvgIpc) is 2.62. The second-order valence-electron chi connectivity index (χ2n) is 7.50. The molecule has 29 heavy (non-hydrogen) atoms. The highest BCUT2D eigenvalue weighted by Crippen LogP contribution is 2.29. The van der Waals surface area contributed by atoms with E-state index in [1.807, 2.05) is 32.9 Å². The summed E-state index contributed by atoms with van der Waals surface area (Å²) in [6.45, 7) is 9.41. The molecular formula is C22H29ClN2O3S. The average molecular weight is 437 g/mol. The van der Waals surface area contributed by atoms with Crippen molar-refractivity contribution in [2.75, 3.05) is 10.6 Å². The first-order chi connectivity index (χ1) is 13.5. The Balaban J connectivity index is 2.37. The van der Waals surface area contributed by atoms with Crippen molar-refractivity contribution in [3.63, 3.8) is 0 Å². The third-order valence-corrected chi connectivity index (χ3v) is 6.49. The number of rotatable bonds is 7. The van der Waals surface area contributed by atoms with E-state index in [1.165, 1.54) is 0 Å². The van der Waals surface area contributed by atoms with Crippen molar-refractivity contribution < 1.29 is 13.2 Å². The summed E-state index contributed by atoms with van der Waals surface area (Å²) in [6.07, 6.45) is 1.79. The molecule has 0 fully saturated rings. The van der Waals surface area contributed by atoms with E-state index in [-0.39, 0.29) is 11.9 Å². The summed E-state index contributed by atoms with van der Waals surface area (Å²) in [5.74, 6) is -0.360. The molecule has 1 amide bonds.